The van der Waals surface area contributed by atoms with Crippen molar-refractivity contribution in [1.29, 1.82) is 0 Å². The van der Waals surface area contributed by atoms with Gasteiger partial charge in [-0.15, -0.1) is 0 Å². The second-order valence-electron chi connectivity index (χ2n) is 5.83. The zero-order valence-corrected chi connectivity index (χ0v) is 13.4. The van der Waals surface area contributed by atoms with Crippen molar-refractivity contribution in [2.24, 2.45) is 0 Å². The minimum Gasteiger partial charge on any atom is -0.282 e. The van der Waals surface area contributed by atoms with Gasteiger partial charge in [0.25, 0.3) is 15.8 Å². The van der Waals surface area contributed by atoms with Gasteiger partial charge in [0.15, 0.2) is 0 Å². The Bertz CT molecular complexity index is 669. The second-order valence-corrected chi connectivity index (χ2v) is 7.25. The van der Waals surface area contributed by atoms with Gasteiger partial charge < -0.3 is 0 Å². The lowest BCUT2D eigenvalue weighted by Gasteiger charge is -2.12. The fourth-order valence-electron chi connectivity index (χ4n) is 3.19. The maximum atomic E-state index is 11.3. The lowest BCUT2D eigenvalue weighted by molar-refractivity contribution is -0.385. The van der Waals surface area contributed by atoms with Crippen molar-refractivity contribution in [3.63, 3.8) is 0 Å². The van der Waals surface area contributed by atoms with E-state index < -0.39 is 15.0 Å². The molecule has 0 bridgehead atoms. The van der Waals surface area contributed by atoms with Crippen LogP contribution in [0.5, 0.6) is 0 Å². The summed E-state index contributed by atoms with van der Waals surface area (Å²) in [6.45, 7) is 2.13. The van der Waals surface area contributed by atoms with Crippen LogP contribution in [0.3, 0.4) is 0 Å². The Balaban J connectivity index is 2.33. The van der Waals surface area contributed by atoms with E-state index in [0.29, 0.717) is 12.0 Å². The highest BCUT2D eigenvalue weighted by Gasteiger charge is 2.31. The summed E-state index contributed by atoms with van der Waals surface area (Å²) in [7, 11) is -4.44. The van der Waals surface area contributed by atoms with Crippen LogP contribution in [0, 0.1) is 10.1 Å². The van der Waals surface area contributed by atoms with Gasteiger partial charge in [0.05, 0.1) is 4.92 Å². The third-order valence-electron chi connectivity index (χ3n) is 4.32. The topological polar surface area (TPSA) is 97.5 Å². The molecule has 1 aliphatic carbocycles. The van der Waals surface area contributed by atoms with Crippen LogP contribution in [0.25, 0.3) is 0 Å². The number of nitrogens with zero attached hydrogens (tertiary/aromatic N) is 1. The average molecular weight is 327 g/mol. The molecule has 122 valence electrons. The van der Waals surface area contributed by atoms with E-state index in [1.54, 1.807) is 0 Å². The van der Waals surface area contributed by atoms with Crippen LogP contribution in [-0.2, 0) is 16.5 Å². The van der Waals surface area contributed by atoms with Gasteiger partial charge in [-0.3, -0.25) is 14.7 Å². The Kier molecular flexibility index (Phi) is 5.18. The summed E-state index contributed by atoms with van der Waals surface area (Å²) in [6, 6.07) is 2.38. The molecule has 1 aromatic rings. The summed E-state index contributed by atoms with van der Waals surface area (Å²) in [4.78, 5) is 10.2. The van der Waals surface area contributed by atoms with E-state index in [4.69, 9.17) is 0 Å². The molecule has 22 heavy (non-hydrogen) atoms. The lowest BCUT2D eigenvalue weighted by atomic mass is 9.94. The quantitative estimate of drug-likeness (QED) is 0.355. The smallest absolute Gasteiger partial charge is 0.282 e. The third-order valence-corrected chi connectivity index (χ3v) is 5.15. The maximum Gasteiger partial charge on any atom is 0.294 e. The SMILES string of the molecule is CCCCCCC1CCc2c1cc(S(=O)(=O)O)cc2[N+](=O)[O-]. The first kappa shape index (κ1) is 16.9. The first-order valence-corrected chi connectivity index (χ1v) is 9.07. The van der Waals surface area contributed by atoms with Crippen molar-refractivity contribution in [2.45, 2.75) is 62.7 Å². The molecule has 1 aromatic carbocycles. The molecular formula is C15H21NO5S. The number of hydrogen-bond acceptors (Lipinski definition) is 4. The van der Waals surface area contributed by atoms with E-state index in [0.717, 1.165) is 50.2 Å². The molecule has 7 heteroatoms. The van der Waals surface area contributed by atoms with Crippen LogP contribution in [-0.4, -0.2) is 17.9 Å². The minimum absolute atomic E-state index is 0.146. The number of rotatable bonds is 7. The van der Waals surface area contributed by atoms with Crippen LogP contribution >= 0.6 is 0 Å². The monoisotopic (exact) mass is 327 g/mol. The highest BCUT2D eigenvalue weighted by atomic mass is 32.2. The molecule has 0 aromatic heterocycles. The van der Waals surface area contributed by atoms with Crippen molar-refractivity contribution in [1.82, 2.24) is 0 Å². The Hall–Kier alpha value is -1.47. The van der Waals surface area contributed by atoms with Crippen LogP contribution in [0.1, 0.15) is 62.5 Å². The fourth-order valence-corrected chi connectivity index (χ4v) is 3.73. The summed E-state index contributed by atoms with van der Waals surface area (Å²) in [5.41, 5.74) is 1.15. The molecular weight excluding hydrogens is 306 g/mol. The third kappa shape index (κ3) is 3.64. The molecule has 1 atom stereocenters. The van der Waals surface area contributed by atoms with Crippen molar-refractivity contribution in [2.75, 3.05) is 0 Å². The van der Waals surface area contributed by atoms with E-state index >= 15 is 0 Å². The molecule has 2 rings (SSSR count). The lowest BCUT2D eigenvalue weighted by Crippen LogP contribution is -2.04. The number of hydrogen-bond donors (Lipinski definition) is 1. The highest BCUT2D eigenvalue weighted by molar-refractivity contribution is 7.85. The molecule has 0 fully saturated rings. The molecule has 0 spiro atoms. The number of unbranched alkanes of at least 4 members (excludes halogenated alkanes) is 3. The Morgan fingerprint density at radius 2 is 2.05 bits per heavy atom. The van der Waals surface area contributed by atoms with Crippen LogP contribution in [0.2, 0.25) is 0 Å². The predicted molar refractivity (Wildman–Crippen MR) is 82.7 cm³/mol. The number of nitro groups is 1. The van der Waals surface area contributed by atoms with Gasteiger partial charge in [0, 0.05) is 11.6 Å². The van der Waals surface area contributed by atoms with Crippen molar-refractivity contribution < 1.29 is 17.9 Å². The summed E-state index contributed by atoms with van der Waals surface area (Å²) in [5.74, 6) is 0.146. The van der Waals surface area contributed by atoms with Crippen molar-refractivity contribution in [3.05, 3.63) is 33.4 Å². The Labute approximate surface area is 130 Å². The largest absolute Gasteiger partial charge is 0.294 e. The summed E-state index contributed by atoms with van der Waals surface area (Å²) >= 11 is 0. The molecule has 0 heterocycles. The van der Waals surface area contributed by atoms with E-state index in [1.165, 1.54) is 6.07 Å². The van der Waals surface area contributed by atoms with Gasteiger partial charge in [-0.2, -0.15) is 8.42 Å². The van der Waals surface area contributed by atoms with E-state index in [1.807, 2.05) is 0 Å². The molecule has 6 nitrogen and oxygen atoms in total. The van der Waals surface area contributed by atoms with Gasteiger partial charge in [-0.05, 0) is 36.8 Å². The zero-order chi connectivity index (χ0) is 16.3. The van der Waals surface area contributed by atoms with Gasteiger partial charge in [-0.25, -0.2) is 0 Å². The van der Waals surface area contributed by atoms with E-state index in [-0.39, 0.29) is 16.5 Å². The van der Waals surface area contributed by atoms with Gasteiger partial charge in [0.2, 0.25) is 0 Å². The van der Waals surface area contributed by atoms with Crippen molar-refractivity contribution in [3.8, 4) is 0 Å². The minimum atomic E-state index is -4.44. The second kappa shape index (κ2) is 6.75. The Morgan fingerprint density at radius 1 is 1.32 bits per heavy atom. The molecule has 1 N–H and O–H groups in total. The maximum absolute atomic E-state index is 11.3. The highest BCUT2D eigenvalue weighted by Crippen LogP contribution is 2.42. The molecule has 0 saturated carbocycles. The number of fused-ring (bicyclic) bond motifs is 1. The van der Waals surface area contributed by atoms with E-state index in [2.05, 4.69) is 6.92 Å². The van der Waals surface area contributed by atoms with Crippen LogP contribution < -0.4 is 0 Å². The molecule has 0 radical (unpaired) electrons. The van der Waals surface area contributed by atoms with Gasteiger partial charge in [0.1, 0.15) is 4.90 Å². The van der Waals surface area contributed by atoms with Crippen molar-refractivity contribution >= 4 is 15.8 Å². The average Bonchev–Trinajstić information content (AvgIpc) is 2.84. The first-order chi connectivity index (χ1) is 10.3. The van der Waals surface area contributed by atoms with Gasteiger partial charge in [-0.1, -0.05) is 32.6 Å². The fraction of sp³-hybridized carbons (Fsp3) is 0.600. The molecule has 0 saturated heterocycles. The number of benzene rings is 1. The Morgan fingerprint density at radius 3 is 2.64 bits per heavy atom. The van der Waals surface area contributed by atoms with Crippen LogP contribution in [0.15, 0.2) is 17.0 Å². The predicted octanol–water partition coefficient (Wildman–Crippen LogP) is 3.84. The molecule has 0 aliphatic heterocycles. The zero-order valence-electron chi connectivity index (χ0n) is 12.6. The number of nitro benzene ring substituents is 1. The van der Waals surface area contributed by atoms with Crippen LogP contribution in [0.4, 0.5) is 5.69 Å². The first-order valence-electron chi connectivity index (χ1n) is 7.63. The molecule has 1 aliphatic rings. The van der Waals surface area contributed by atoms with E-state index in [9.17, 15) is 23.1 Å². The summed E-state index contributed by atoms with van der Waals surface area (Å²) in [5, 5.41) is 11.2. The van der Waals surface area contributed by atoms with Gasteiger partial charge >= 0.3 is 0 Å². The summed E-state index contributed by atoms with van der Waals surface area (Å²) in [6.07, 6.45) is 6.74. The molecule has 0 amide bonds. The normalized spacial score (nSPS) is 17.5. The standard InChI is InChI=1S/C15H21NO5S/c1-2-3-4-5-6-11-7-8-13-14(11)9-12(22(19,20)21)10-15(13)16(17)18/h9-11H,2-8H2,1H3,(H,19,20,21). The molecule has 1 unspecified atom stereocenters. The summed E-state index contributed by atoms with van der Waals surface area (Å²) < 4.78 is 31.9.